The highest BCUT2D eigenvalue weighted by Gasteiger charge is 2.22. The Hall–Kier alpha value is -1.63. The Labute approximate surface area is 89.1 Å². The third-order valence-electron chi connectivity index (χ3n) is 3.19. The van der Waals surface area contributed by atoms with Crippen LogP contribution in [0.2, 0.25) is 0 Å². The van der Waals surface area contributed by atoms with Crippen LogP contribution in [0.1, 0.15) is 34.3 Å². The summed E-state index contributed by atoms with van der Waals surface area (Å²) in [7, 11) is 0. The van der Waals surface area contributed by atoms with Crippen LogP contribution in [0.4, 0.5) is 0 Å². The zero-order valence-corrected chi connectivity index (χ0v) is 8.49. The second-order valence-corrected chi connectivity index (χ2v) is 4.14. The molecule has 3 rings (SSSR count). The molecule has 0 N–H and O–H groups in total. The molecule has 0 spiro atoms. The van der Waals surface area contributed by atoms with E-state index in [2.05, 4.69) is 18.2 Å². The van der Waals surface area contributed by atoms with Gasteiger partial charge >= 0.3 is 0 Å². The summed E-state index contributed by atoms with van der Waals surface area (Å²) in [5, 5.41) is 0. The number of aldehydes is 1. The van der Waals surface area contributed by atoms with Crippen LogP contribution in [0.15, 0.2) is 35.9 Å². The predicted octanol–water partition coefficient (Wildman–Crippen LogP) is 3.16. The van der Waals surface area contributed by atoms with Gasteiger partial charge in [0.1, 0.15) is 6.29 Å². The molecular formula is C14H12O. The van der Waals surface area contributed by atoms with E-state index in [1.807, 2.05) is 12.1 Å². The summed E-state index contributed by atoms with van der Waals surface area (Å²) in [6.45, 7) is 0. The fraction of sp³-hybridized carbons (Fsp3) is 0.214. The van der Waals surface area contributed by atoms with Gasteiger partial charge in [-0.3, -0.25) is 4.79 Å². The third-order valence-corrected chi connectivity index (χ3v) is 3.19. The predicted molar refractivity (Wildman–Crippen MR) is 60.8 cm³/mol. The highest BCUT2D eigenvalue weighted by Crippen LogP contribution is 2.39. The summed E-state index contributed by atoms with van der Waals surface area (Å²) in [6.07, 6.45) is 8.88. The molecule has 0 heterocycles. The Balaban J connectivity index is 2.16. The Morgan fingerprint density at radius 1 is 1.13 bits per heavy atom. The third kappa shape index (κ3) is 1.27. The molecule has 15 heavy (non-hydrogen) atoms. The van der Waals surface area contributed by atoms with Gasteiger partial charge in [0.05, 0.1) is 0 Å². The first-order valence-electron chi connectivity index (χ1n) is 5.36. The second-order valence-electron chi connectivity index (χ2n) is 4.14. The first-order valence-corrected chi connectivity index (χ1v) is 5.36. The quantitative estimate of drug-likeness (QED) is 0.630. The number of carbonyl (C=O) groups excluding carboxylic acids is 1. The van der Waals surface area contributed by atoms with Crippen molar-refractivity contribution in [2.45, 2.75) is 19.3 Å². The Morgan fingerprint density at radius 3 is 2.87 bits per heavy atom. The van der Waals surface area contributed by atoms with Crippen molar-refractivity contribution in [2.24, 2.45) is 0 Å². The van der Waals surface area contributed by atoms with Crippen molar-refractivity contribution in [1.29, 1.82) is 0 Å². The maximum Gasteiger partial charge on any atom is 0.150 e. The molecule has 0 unspecified atom stereocenters. The minimum Gasteiger partial charge on any atom is -0.298 e. The van der Waals surface area contributed by atoms with Crippen LogP contribution < -0.4 is 0 Å². The van der Waals surface area contributed by atoms with Gasteiger partial charge in [-0.25, -0.2) is 0 Å². The summed E-state index contributed by atoms with van der Waals surface area (Å²) < 4.78 is 0. The van der Waals surface area contributed by atoms with Crippen molar-refractivity contribution in [1.82, 2.24) is 0 Å². The second kappa shape index (κ2) is 3.20. The summed E-state index contributed by atoms with van der Waals surface area (Å²) in [4.78, 5) is 10.7. The number of rotatable bonds is 1. The summed E-state index contributed by atoms with van der Waals surface area (Å²) in [5.41, 5.74) is 6.26. The lowest BCUT2D eigenvalue weighted by molar-refractivity contribution is 0.112. The van der Waals surface area contributed by atoms with E-state index in [0.29, 0.717) is 0 Å². The van der Waals surface area contributed by atoms with E-state index in [1.54, 1.807) is 0 Å². The summed E-state index contributed by atoms with van der Waals surface area (Å²) in [5.74, 6) is 0. The number of fused-ring (bicyclic) bond motifs is 3. The lowest BCUT2D eigenvalue weighted by Crippen LogP contribution is -1.87. The van der Waals surface area contributed by atoms with Crippen molar-refractivity contribution in [3.63, 3.8) is 0 Å². The standard InChI is InChI=1S/C14H12O/c15-9-10-5-6-14-12(7-10)8-11-3-1-2-4-13(11)14/h3-7,9H,1-2,8H2. The highest BCUT2D eigenvalue weighted by atomic mass is 16.1. The van der Waals surface area contributed by atoms with Gasteiger partial charge in [0.2, 0.25) is 0 Å². The van der Waals surface area contributed by atoms with Crippen molar-refractivity contribution in [3.8, 4) is 0 Å². The van der Waals surface area contributed by atoms with Gasteiger partial charge in [0.25, 0.3) is 0 Å². The molecule has 2 aliphatic rings. The molecule has 0 aromatic heterocycles. The van der Waals surface area contributed by atoms with Gasteiger partial charge in [0.15, 0.2) is 0 Å². The van der Waals surface area contributed by atoms with E-state index in [0.717, 1.165) is 31.1 Å². The minimum absolute atomic E-state index is 0.786. The normalized spacial score (nSPS) is 17.6. The number of benzene rings is 1. The van der Waals surface area contributed by atoms with Gasteiger partial charge in [-0.1, -0.05) is 24.3 Å². The van der Waals surface area contributed by atoms with E-state index < -0.39 is 0 Å². The molecule has 0 atom stereocenters. The van der Waals surface area contributed by atoms with Gasteiger partial charge in [0, 0.05) is 5.56 Å². The zero-order valence-electron chi connectivity index (χ0n) is 8.49. The molecular weight excluding hydrogens is 184 g/mol. The van der Waals surface area contributed by atoms with Crippen LogP contribution in [0.25, 0.3) is 5.57 Å². The molecule has 1 aromatic rings. The number of allylic oxidation sites excluding steroid dienone is 4. The van der Waals surface area contributed by atoms with Crippen LogP contribution in [-0.2, 0) is 6.42 Å². The smallest absolute Gasteiger partial charge is 0.150 e. The summed E-state index contributed by atoms with van der Waals surface area (Å²) >= 11 is 0. The fourth-order valence-corrected chi connectivity index (χ4v) is 2.48. The van der Waals surface area contributed by atoms with Crippen LogP contribution in [0.3, 0.4) is 0 Å². The minimum atomic E-state index is 0.786. The molecule has 0 saturated carbocycles. The van der Waals surface area contributed by atoms with Gasteiger partial charge < -0.3 is 0 Å². The zero-order chi connectivity index (χ0) is 10.3. The van der Waals surface area contributed by atoms with Crippen LogP contribution >= 0.6 is 0 Å². The van der Waals surface area contributed by atoms with Crippen molar-refractivity contribution in [2.75, 3.05) is 0 Å². The number of carbonyl (C=O) groups is 1. The van der Waals surface area contributed by atoms with Gasteiger partial charge in [-0.15, -0.1) is 0 Å². The highest BCUT2D eigenvalue weighted by molar-refractivity contribution is 5.88. The maximum atomic E-state index is 10.7. The average Bonchev–Trinajstić information content (AvgIpc) is 2.66. The largest absolute Gasteiger partial charge is 0.298 e. The van der Waals surface area contributed by atoms with Gasteiger partial charge in [-0.2, -0.15) is 0 Å². The van der Waals surface area contributed by atoms with Crippen LogP contribution in [-0.4, -0.2) is 6.29 Å². The maximum absolute atomic E-state index is 10.7. The molecule has 74 valence electrons. The fourth-order valence-electron chi connectivity index (χ4n) is 2.48. The Morgan fingerprint density at radius 2 is 2.00 bits per heavy atom. The molecule has 0 amide bonds. The van der Waals surface area contributed by atoms with Crippen molar-refractivity contribution >= 4 is 11.9 Å². The van der Waals surface area contributed by atoms with Crippen molar-refractivity contribution < 1.29 is 4.79 Å². The molecule has 2 aliphatic carbocycles. The Kier molecular flexibility index (Phi) is 1.84. The van der Waals surface area contributed by atoms with Gasteiger partial charge in [-0.05, 0) is 47.6 Å². The number of hydrogen-bond donors (Lipinski definition) is 0. The first kappa shape index (κ1) is 8.66. The number of hydrogen-bond acceptors (Lipinski definition) is 1. The van der Waals surface area contributed by atoms with Crippen LogP contribution in [0, 0.1) is 0 Å². The summed E-state index contributed by atoms with van der Waals surface area (Å²) in [6, 6.07) is 6.00. The van der Waals surface area contributed by atoms with Crippen LogP contribution in [0.5, 0.6) is 0 Å². The topological polar surface area (TPSA) is 17.1 Å². The molecule has 0 aliphatic heterocycles. The molecule has 0 radical (unpaired) electrons. The van der Waals surface area contributed by atoms with E-state index >= 15 is 0 Å². The van der Waals surface area contributed by atoms with E-state index in [4.69, 9.17) is 0 Å². The lowest BCUT2D eigenvalue weighted by Gasteiger charge is -2.07. The SMILES string of the molecule is O=Cc1ccc2c(c1)CC1=CCCC=C12. The van der Waals surface area contributed by atoms with E-state index in [-0.39, 0.29) is 0 Å². The Bertz CT molecular complexity index is 492. The van der Waals surface area contributed by atoms with Crippen molar-refractivity contribution in [3.05, 3.63) is 52.6 Å². The molecule has 1 aromatic carbocycles. The molecule has 1 nitrogen and oxygen atoms in total. The lowest BCUT2D eigenvalue weighted by atomic mass is 9.98. The monoisotopic (exact) mass is 196 g/mol. The average molecular weight is 196 g/mol. The molecule has 0 bridgehead atoms. The molecule has 0 saturated heterocycles. The first-order chi connectivity index (χ1) is 7.38. The molecule has 0 fully saturated rings. The molecule has 1 heteroatoms. The van der Waals surface area contributed by atoms with E-state index in [1.165, 1.54) is 22.3 Å². The van der Waals surface area contributed by atoms with E-state index in [9.17, 15) is 4.79 Å².